The van der Waals surface area contributed by atoms with Crippen molar-refractivity contribution in [3.8, 4) is 0 Å². The van der Waals surface area contributed by atoms with Crippen molar-refractivity contribution < 1.29 is 8.42 Å². The third kappa shape index (κ3) is 4.20. The molecule has 2 aromatic rings. The lowest BCUT2D eigenvalue weighted by Gasteiger charge is -2.35. The highest BCUT2D eigenvalue weighted by Gasteiger charge is 2.25. The molecule has 1 aliphatic heterocycles. The molecule has 1 saturated heterocycles. The first kappa shape index (κ1) is 16.2. The van der Waals surface area contributed by atoms with Crippen LogP contribution in [0.1, 0.15) is 19.3 Å². The van der Waals surface area contributed by atoms with Crippen molar-refractivity contribution in [1.29, 1.82) is 0 Å². The van der Waals surface area contributed by atoms with E-state index >= 15 is 0 Å². The summed E-state index contributed by atoms with van der Waals surface area (Å²) in [4.78, 5) is 2.73. The summed E-state index contributed by atoms with van der Waals surface area (Å²) < 4.78 is 26.8. The molecule has 1 aromatic heterocycles. The van der Waals surface area contributed by atoms with E-state index in [1.165, 1.54) is 6.42 Å². The van der Waals surface area contributed by atoms with Crippen molar-refractivity contribution in [2.24, 2.45) is 0 Å². The number of hydrogen-bond acceptors (Lipinski definition) is 4. The predicted octanol–water partition coefficient (Wildman–Crippen LogP) is 2.21. The van der Waals surface area contributed by atoms with E-state index in [0.29, 0.717) is 17.5 Å². The third-order valence-corrected chi connectivity index (χ3v) is 6.17. The maximum atomic E-state index is 12.5. The van der Waals surface area contributed by atoms with Gasteiger partial charge < -0.3 is 0 Å². The van der Waals surface area contributed by atoms with E-state index in [2.05, 4.69) is 10.00 Å². The number of rotatable bonds is 6. The summed E-state index contributed by atoms with van der Waals surface area (Å²) in [6.45, 7) is 2.39. The summed E-state index contributed by atoms with van der Waals surface area (Å²) in [6.07, 6.45) is 7.20. The minimum Gasteiger partial charge on any atom is -0.298 e. The number of benzene rings is 1. The Labute approximate surface area is 137 Å². The zero-order valence-electron chi connectivity index (χ0n) is 13.2. The highest BCUT2D eigenvalue weighted by molar-refractivity contribution is 7.91. The van der Waals surface area contributed by atoms with Crippen LogP contribution in [0.2, 0.25) is 0 Å². The average Bonchev–Trinajstić information content (AvgIpc) is 3.08. The van der Waals surface area contributed by atoms with Gasteiger partial charge in [0.15, 0.2) is 9.84 Å². The highest BCUT2D eigenvalue weighted by Crippen LogP contribution is 2.19. The number of sulfone groups is 1. The van der Waals surface area contributed by atoms with E-state index in [-0.39, 0.29) is 5.75 Å². The third-order valence-electron chi connectivity index (χ3n) is 4.46. The maximum absolute atomic E-state index is 12.5. The highest BCUT2D eigenvalue weighted by atomic mass is 32.2. The minimum atomic E-state index is -3.21. The molecule has 1 aromatic carbocycles. The molecule has 0 bridgehead atoms. The average molecular weight is 333 g/mol. The largest absolute Gasteiger partial charge is 0.298 e. The van der Waals surface area contributed by atoms with Crippen LogP contribution in [0.5, 0.6) is 0 Å². The van der Waals surface area contributed by atoms with Gasteiger partial charge in [0, 0.05) is 25.0 Å². The van der Waals surface area contributed by atoms with Crippen molar-refractivity contribution in [2.45, 2.75) is 36.7 Å². The molecule has 0 spiro atoms. The van der Waals surface area contributed by atoms with E-state index in [0.717, 1.165) is 25.9 Å². The van der Waals surface area contributed by atoms with Gasteiger partial charge in [-0.05, 0) is 37.6 Å². The number of aromatic nitrogens is 2. The van der Waals surface area contributed by atoms with Crippen LogP contribution in [0.4, 0.5) is 0 Å². The van der Waals surface area contributed by atoms with E-state index < -0.39 is 9.84 Å². The summed E-state index contributed by atoms with van der Waals surface area (Å²) in [5, 5.41) is 4.27. The van der Waals surface area contributed by atoms with Crippen LogP contribution in [0.3, 0.4) is 0 Å². The Hall–Kier alpha value is -1.66. The first-order chi connectivity index (χ1) is 11.1. The molecule has 0 unspecified atom stereocenters. The Morgan fingerprint density at radius 2 is 1.96 bits per heavy atom. The van der Waals surface area contributed by atoms with Gasteiger partial charge in [-0.2, -0.15) is 5.10 Å². The Bertz CT molecular complexity index is 699. The van der Waals surface area contributed by atoms with Gasteiger partial charge in [-0.15, -0.1) is 0 Å². The fourth-order valence-corrected chi connectivity index (χ4v) is 4.45. The van der Waals surface area contributed by atoms with E-state index in [9.17, 15) is 8.42 Å². The molecule has 0 aliphatic carbocycles. The molecule has 0 radical (unpaired) electrons. The SMILES string of the molecule is O=S(=O)(CCN1CCCC[C@H]1Cn1cccn1)c1ccccc1. The first-order valence-corrected chi connectivity index (χ1v) is 9.80. The Kier molecular flexibility index (Phi) is 5.13. The lowest BCUT2D eigenvalue weighted by atomic mass is 10.0. The molecule has 6 heteroatoms. The second-order valence-electron chi connectivity index (χ2n) is 6.05. The Balaban J connectivity index is 1.63. The molecule has 23 heavy (non-hydrogen) atoms. The second-order valence-corrected chi connectivity index (χ2v) is 8.15. The minimum absolute atomic E-state index is 0.173. The van der Waals surface area contributed by atoms with Gasteiger partial charge in [-0.3, -0.25) is 9.58 Å². The van der Waals surface area contributed by atoms with E-state index in [4.69, 9.17) is 0 Å². The van der Waals surface area contributed by atoms with Crippen molar-refractivity contribution in [2.75, 3.05) is 18.8 Å². The molecule has 0 N–H and O–H groups in total. The van der Waals surface area contributed by atoms with E-state index in [1.54, 1.807) is 30.5 Å². The summed E-state index contributed by atoms with van der Waals surface area (Å²) >= 11 is 0. The van der Waals surface area contributed by atoms with Crippen molar-refractivity contribution in [3.05, 3.63) is 48.8 Å². The standard InChI is InChI=1S/C17H23N3O2S/c21-23(22,17-8-2-1-3-9-17)14-13-19-11-5-4-7-16(19)15-20-12-6-10-18-20/h1-3,6,8-10,12,16H,4-5,7,11,13-15H2/t16-/m0/s1. The van der Waals surface area contributed by atoms with Gasteiger partial charge in [0.1, 0.15) is 0 Å². The van der Waals surface area contributed by atoms with Crippen LogP contribution >= 0.6 is 0 Å². The molecule has 0 saturated carbocycles. The lowest BCUT2D eigenvalue weighted by Crippen LogP contribution is -2.44. The summed E-state index contributed by atoms with van der Waals surface area (Å²) in [6, 6.07) is 11.0. The normalized spacial score (nSPS) is 19.7. The van der Waals surface area contributed by atoms with Crippen molar-refractivity contribution in [1.82, 2.24) is 14.7 Å². The van der Waals surface area contributed by atoms with Gasteiger partial charge in [0.05, 0.1) is 17.2 Å². The molecule has 0 amide bonds. The van der Waals surface area contributed by atoms with Gasteiger partial charge in [-0.25, -0.2) is 8.42 Å². The molecule has 1 atom stereocenters. The fourth-order valence-electron chi connectivity index (χ4n) is 3.17. The lowest BCUT2D eigenvalue weighted by molar-refractivity contribution is 0.137. The summed E-state index contributed by atoms with van der Waals surface area (Å²) in [5.41, 5.74) is 0. The van der Waals surface area contributed by atoms with Gasteiger partial charge in [-0.1, -0.05) is 24.6 Å². The zero-order valence-corrected chi connectivity index (χ0v) is 14.0. The van der Waals surface area contributed by atoms with Gasteiger partial charge in [0.25, 0.3) is 0 Å². The zero-order chi connectivity index (χ0) is 16.1. The number of piperidine rings is 1. The second kappa shape index (κ2) is 7.27. The van der Waals surface area contributed by atoms with Crippen molar-refractivity contribution >= 4 is 9.84 Å². The molecule has 124 valence electrons. The Morgan fingerprint density at radius 1 is 1.13 bits per heavy atom. The number of likely N-dealkylation sites (tertiary alicyclic amines) is 1. The summed E-state index contributed by atoms with van der Waals surface area (Å²) in [7, 11) is -3.21. The smallest absolute Gasteiger partial charge is 0.179 e. The van der Waals surface area contributed by atoms with Crippen molar-refractivity contribution in [3.63, 3.8) is 0 Å². The molecule has 2 heterocycles. The molecule has 3 rings (SSSR count). The summed E-state index contributed by atoms with van der Waals surface area (Å²) in [5.74, 6) is 0.173. The van der Waals surface area contributed by atoms with Gasteiger partial charge >= 0.3 is 0 Å². The Morgan fingerprint density at radius 3 is 2.70 bits per heavy atom. The first-order valence-electron chi connectivity index (χ1n) is 8.14. The molecular formula is C17H23N3O2S. The van der Waals surface area contributed by atoms with Crippen LogP contribution < -0.4 is 0 Å². The monoisotopic (exact) mass is 333 g/mol. The fraction of sp³-hybridized carbons (Fsp3) is 0.471. The quantitative estimate of drug-likeness (QED) is 0.813. The van der Waals surface area contributed by atoms with Crippen LogP contribution in [0.15, 0.2) is 53.7 Å². The molecule has 1 fully saturated rings. The molecule has 5 nitrogen and oxygen atoms in total. The number of hydrogen-bond donors (Lipinski definition) is 0. The number of nitrogens with zero attached hydrogens (tertiary/aromatic N) is 3. The van der Waals surface area contributed by atoms with Crippen LogP contribution in [0.25, 0.3) is 0 Å². The molecular weight excluding hydrogens is 310 g/mol. The topological polar surface area (TPSA) is 55.2 Å². The van der Waals surface area contributed by atoms with Crippen LogP contribution in [-0.2, 0) is 16.4 Å². The predicted molar refractivity (Wildman–Crippen MR) is 89.9 cm³/mol. The van der Waals surface area contributed by atoms with E-state index in [1.807, 2.05) is 23.0 Å². The van der Waals surface area contributed by atoms with Crippen LogP contribution in [0, 0.1) is 0 Å². The van der Waals surface area contributed by atoms with Crippen LogP contribution in [-0.4, -0.2) is 48.0 Å². The maximum Gasteiger partial charge on any atom is 0.179 e. The van der Waals surface area contributed by atoms with Gasteiger partial charge in [0.2, 0.25) is 0 Å². The molecule has 1 aliphatic rings.